The van der Waals surface area contributed by atoms with Crippen LogP contribution in [0, 0.1) is 11.3 Å². The number of fused-ring (bicyclic) bond motifs is 1. The van der Waals surface area contributed by atoms with Crippen molar-refractivity contribution < 1.29 is 9.84 Å². The second-order valence-corrected chi connectivity index (χ2v) is 5.88. The van der Waals surface area contributed by atoms with Gasteiger partial charge in [-0.2, -0.15) is 5.26 Å². The summed E-state index contributed by atoms with van der Waals surface area (Å²) in [6.45, 7) is 0.0812. The van der Waals surface area contributed by atoms with Gasteiger partial charge >= 0.3 is 5.69 Å². The van der Waals surface area contributed by atoms with Crippen LogP contribution >= 0.6 is 0 Å². The Morgan fingerprint density at radius 3 is 2.58 bits per heavy atom. The number of ether oxygens (including phenoxy) is 1. The van der Waals surface area contributed by atoms with E-state index in [9.17, 15) is 14.7 Å². The fraction of sp³-hybridized carbons (Fsp3) is 0.294. The molecule has 3 rings (SSSR count). The van der Waals surface area contributed by atoms with Crippen molar-refractivity contribution in [1.29, 1.82) is 5.26 Å². The second kappa shape index (κ2) is 6.85. The molecule has 1 N–H and O–H groups in total. The first-order valence-electron chi connectivity index (χ1n) is 7.84. The van der Waals surface area contributed by atoms with Crippen LogP contribution in [-0.2, 0) is 20.6 Å². The second-order valence-electron chi connectivity index (χ2n) is 5.88. The van der Waals surface area contributed by atoms with Crippen LogP contribution in [0.2, 0.25) is 0 Å². The molecular formula is C17H17N5O4. The van der Waals surface area contributed by atoms with Crippen molar-refractivity contribution in [2.75, 3.05) is 6.61 Å². The molecule has 134 valence electrons. The predicted octanol–water partition coefficient (Wildman–Crippen LogP) is -0.255. The van der Waals surface area contributed by atoms with Crippen LogP contribution in [0.3, 0.4) is 0 Å². The molecule has 2 heterocycles. The van der Waals surface area contributed by atoms with Crippen LogP contribution in [0.5, 0.6) is 5.75 Å². The Morgan fingerprint density at radius 1 is 1.23 bits per heavy atom. The van der Waals surface area contributed by atoms with Gasteiger partial charge in [0, 0.05) is 14.1 Å². The highest BCUT2D eigenvalue weighted by atomic mass is 16.5. The summed E-state index contributed by atoms with van der Waals surface area (Å²) in [5, 5.41) is 19.0. The van der Waals surface area contributed by atoms with Gasteiger partial charge in [0.15, 0.2) is 11.2 Å². The normalized spacial score (nSPS) is 12.1. The Kier molecular flexibility index (Phi) is 4.60. The van der Waals surface area contributed by atoms with Crippen molar-refractivity contribution in [2.24, 2.45) is 14.1 Å². The average molecular weight is 355 g/mol. The maximum Gasteiger partial charge on any atom is 0.332 e. The van der Waals surface area contributed by atoms with Gasteiger partial charge in [0.2, 0.25) is 0 Å². The Bertz CT molecular complexity index is 1100. The molecule has 1 atom stereocenters. The van der Waals surface area contributed by atoms with Crippen LogP contribution in [-0.4, -0.2) is 36.5 Å². The lowest BCUT2D eigenvalue weighted by Crippen LogP contribution is -2.38. The van der Waals surface area contributed by atoms with E-state index >= 15 is 0 Å². The molecule has 0 saturated heterocycles. The molecule has 26 heavy (non-hydrogen) atoms. The number of nitriles is 1. The first kappa shape index (κ1) is 17.4. The number of aromatic nitrogens is 4. The highest BCUT2D eigenvalue weighted by molar-refractivity contribution is 5.69. The first-order valence-corrected chi connectivity index (χ1v) is 7.84. The molecule has 0 unspecified atom stereocenters. The summed E-state index contributed by atoms with van der Waals surface area (Å²) in [5.41, 5.74) is 0.0906. The molecule has 0 amide bonds. The van der Waals surface area contributed by atoms with Gasteiger partial charge in [0.05, 0.1) is 24.5 Å². The van der Waals surface area contributed by atoms with Crippen LogP contribution < -0.4 is 16.0 Å². The van der Waals surface area contributed by atoms with Crippen molar-refractivity contribution in [3.05, 3.63) is 57.0 Å². The molecule has 1 aromatic carbocycles. The summed E-state index contributed by atoms with van der Waals surface area (Å²) in [4.78, 5) is 28.4. The third-order valence-corrected chi connectivity index (χ3v) is 4.05. The number of aliphatic hydroxyl groups is 1. The number of imidazole rings is 1. The standard InChI is InChI=1S/C17H17N5O4/c1-20-15-14(16(24)21(2)17(20)25)22(10-19-15)8-12(23)9-26-13-5-3-11(7-18)4-6-13/h3-6,10,12,23H,8-9H2,1-2H3/t12-/m1/s1. The monoisotopic (exact) mass is 355 g/mol. The molecule has 0 aliphatic heterocycles. The van der Waals surface area contributed by atoms with Gasteiger partial charge in [-0.1, -0.05) is 0 Å². The van der Waals surface area contributed by atoms with Gasteiger partial charge in [0.25, 0.3) is 5.56 Å². The minimum Gasteiger partial charge on any atom is -0.491 e. The van der Waals surface area contributed by atoms with Crippen molar-refractivity contribution in [3.63, 3.8) is 0 Å². The number of aryl methyl sites for hydroxylation is 1. The number of aliphatic hydroxyl groups excluding tert-OH is 1. The zero-order valence-corrected chi connectivity index (χ0v) is 14.3. The molecule has 0 bridgehead atoms. The van der Waals surface area contributed by atoms with Crippen LogP contribution in [0.25, 0.3) is 11.2 Å². The molecule has 0 spiro atoms. The molecule has 0 saturated carbocycles. The number of rotatable bonds is 5. The first-order chi connectivity index (χ1) is 12.4. The summed E-state index contributed by atoms with van der Waals surface area (Å²) in [5.74, 6) is 0.525. The SMILES string of the molecule is Cn1c(=O)c2c(ncn2C[C@@H](O)COc2ccc(C#N)cc2)n(C)c1=O. The van der Waals surface area contributed by atoms with Crippen LogP contribution in [0.1, 0.15) is 5.56 Å². The number of nitrogens with zero attached hydrogens (tertiary/aromatic N) is 5. The summed E-state index contributed by atoms with van der Waals surface area (Å²) in [6.07, 6.45) is 0.515. The average Bonchev–Trinajstić information content (AvgIpc) is 3.07. The molecule has 0 aliphatic carbocycles. The molecule has 9 nitrogen and oxygen atoms in total. The maximum absolute atomic E-state index is 12.4. The van der Waals surface area contributed by atoms with Gasteiger partial charge in [-0.3, -0.25) is 13.9 Å². The lowest BCUT2D eigenvalue weighted by Gasteiger charge is -2.13. The van der Waals surface area contributed by atoms with E-state index in [-0.39, 0.29) is 24.3 Å². The van der Waals surface area contributed by atoms with E-state index in [1.165, 1.54) is 29.6 Å². The summed E-state index contributed by atoms with van der Waals surface area (Å²) >= 11 is 0. The van der Waals surface area contributed by atoms with Crippen LogP contribution in [0.4, 0.5) is 0 Å². The van der Waals surface area contributed by atoms with Gasteiger partial charge in [-0.15, -0.1) is 0 Å². The number of hydrogen-bond acceptors (Lipinski definition) is 6. The Hall–Kier alpha value is -3.38. The quantitative estimate of drug-likeness (QED) is 0.675. The molecule has 0 fully saturated rings. The van der Waals surface area contributed by atoms with Crippen molar-refractivity contribution in [1.82, 2.24) is 18.7 Å². The zero-order chi connectivity index (χ0) is 18.8. The maximum atomic E-state index is 12.4. The fourth-order valence-electron chi connectivity index (χ4n) is 2.63. The Balaban J connectivity index is 1.77. The molecule has 0 radical (unpaired) electrons. The van der Waals surface area contributed by atoms with Crippen LogP contribution in [0.15, 0.2) is 40.2 Å². The zero-order valence-electron chi connectivity index (χ0n) is 14.3. The summed E-state index contributed by atoms with van der Waals surface area (Å²) < 4.78 is 9.28. The Labute approximate surface area is 147 Å². The molecule has 9 heteroatoms. The largest absolute Gasteiger partial charge is 0.491 e. The molecule has 3 aromatic rings. The fourth-order valence-corrected chi connectivity index (χ4v) is 2.63. The Morgan fingerprint density at radius 2 is 1.92 bits per heavy atom. The lowest BCUT2D eigenvalue weighted by molar-refractivity contribution is 0.0933. The summed E-state index contributed by atoms with van der Waals surface area (Å²) in [7, 11) is 2.93. The number of benzene rings is 1. The minimum atomic E-state index is -0.898. The molecule has 0 aliphatic rings. The minimum absolute atomic E-state index is 0.00233. The highest BCUT2D eigenvalue weighted by Crippen LogP contribution is 2.12. The van der Waals surface area contributed by atoms with Crippen molar-refractivity contribution >= 4 is 11.2 Å². The van der Waals surface area contributed by atoms with E-state index in [1.54, 1.807) is 24.3 Å². The third-order valence-electron chi connectivity index (χ3n) is 4.05. The third kappa shape index (κ3) is 3.10. The van der Waals surface area contributed by atoms with E-state index in [0.29, 0.717) is 11.3 Å². The van der Waals surface area contributed by atoms with Crippen molar-refractivity contribution in [3.8, 4) is 11.8 Å². The van der Waals surface area contributed by atoms with Crippen molar-refractivity contribution in [2.45, 2.75) is 12.6 Å². The number of hydrogen-bond donors (Lipinski definition) is 1. The van der Waals surface area contributed by atoms with Gasteiger partial charge < -0.3 is 14.4 Å². The highest BCUT2D eigenvalue weighted by Gasteiger charge is 2.16. The molecular weight excluding hydrogens is 338 g/mol. The predicted molar refractivity (Wildman–Crippen MR) is 92.9 cm³/mol. The summed E-state index contributed by atoms with van der Waals surface area (Å²) in [6, 6.07) is 8.54. The van der Waals surface area contributed by atoms with Gasteiger partial charge in [-0.05, 0) is 24.3 Å². The van der Waals surface area contributed by atoms with E-state index in [0.717, 1.165) is 4.57 Å². The van der Waals surface area contributed by atoms with E-state index < -0.39 is 17.4 Å². The van der Waals surface area contributed by atoms with E-state index in [1.807, 2.05) is 6.07 Å². The lowest BCUT2D eigenvalue weighted by atomic mass is 10.2. The van der Waals surface area contributed by atoms with E-state index in [2.05, 4.69) is 4.98 Å². The van der Waals surface area contributed by atoms with E-state index in [4.69, 9.17) is 10.00 Å². The van der Waals surface area contributed by atoms with Gasteiger partial charge in [-0.25, -0.2) is 9.78 Å². The smallest absolute Gasteiger partial charge is 0.332 e. The van der Waals surface area contributed by atoms with Gasteiger partial charge in [0.1, 0.15) is 18.5 Å². The topological polar surface area (TPSA) is 115 Å². The molecule has 2 aromatic heterocycles.